The molecular weight excluding hydrogens is 190 g/mol. The molecule has 3 heteroatoms. The summed E-state index contributed by atoms with van der Waals surface area (Å²) < 4.78 is 5.74. The lowest BCUT2D eigenvalue weighted by Gasteiger charge is -2.40. The number of hydrogen-bond acceptors (Lipinski definition) is 2. The monoisotopic (exact) mass is 215 g/mol. The van der Waals surface area contributed by atoms with Crippen molar-refractivity contribution >= 4 is 10.5 Å². The summed E-state index contributed by atoms with van der Waals surface area (Å²) in [6.45, 7) is 7.95. The number of rotatable bonds is 4. The second-order valence-corrected chi connectivity index (χ2v) is 5.29. The molecule has 0 spiro atoms. The minimum Gasteiger partial charge on any atom is -0.423 e. The van der Waals surface area contributed by atoms with E-state index in [2.05, 4.69) is 26.1 Å². The van der Waals surface area contributed by atoms with Crippen molar-refractivity contribution in [1.82, 2.24) is 5.32 Å². The normalized spacial score (nSPS) is 26.4. The third kappa shape index (κ3) is 2.81. The summed E-state index contributed by atoms with van der Waals surface area (Å²) in [7, 11) is 0.842. The van der Waals surface area contributed by atoms with Crippen molar-refractivity contribution in [2.24, 2.45) is 5.92 Å². The predicted octanol–water partition coefficient (Wildman–Crippen LogP) is 1.23. The van der Waals surface area contributed by atoms with Gasteiger partial charge >= 0.3 is 0 Å². The van der Waals surface area contributed by atoms with Crippen LogP contribution in [0, 0.1) is 5.92 Å². The third-order valence-corrected chi connectivity index (χ3v) is 4.75. The van der Waals surface area contributed by atoms with Crippen LogP contribution in [0.4, 0.5) is 0 Å². The molecular formula is C11H25NOSi. The molecule has 1 rings (SSSR count). The largest absolute Gasteiger partial charge is 0.423 e. The van der Waals surface area contributed by atoms with E-state index >= 15 is 0 Å². The Morgan fingerprint density at radius 2 is 2.21 bits per heavy atom. The van der Waals surface area contributed by atoms with Crippen LogP contribution >= 0.6 is 0 Å². The van der Waals surface area contributed by atoms with Gasteiger partial charge in [0.15, 0.2) is 0 Å². The average Bonchev–Trinajstić information content (AvgIpc) is 2.20. The van der Waals surface area contributed by atoms with E-state index in [1.165, 1.54) is 32.2 Å². The second-order valence-electron chi connectivity index (χ2n) is 4.88. The first-order chi connectivity index (χ1) is 6.61. The summed E-state index contributed by atoms with van der Waals surface area (Å²) in [6.07, 6.45) is 5.26. The van der Waals surface area contributed by atoms with Crippen LogP contribution in [-0.2, 0) is 4.43 Å². The summed E-state index contributed by atoms with van der Waals surface area (Å²) in [4.78, 5) is 0. The standard InChI is InChI=1S/C11H25NOSi/c1-4-9(11(2,3)13-14)10-7-5-6-8-12-10/h9-10,12H,4-8H2,1-3,14H3. The van der Waals surface area contributed by atoms with E-state index in [0.29, 0.717) is 12.0 Å². The number of piperidine rings is 1. The van der Waals surface area contributed by atoms with Crippen molar-refractivity contribution in [2.45, 2.75) is 58.1 Å². The summed E-state index contributed by atoms with van der Waals surface area (Å²) in [5.41, 5.74) is 0.0655. The molecule has 84 valence electrons. The van der Waals surface area contributed by atoms with E-state index in [1.807, 2.05) is 0 Å². The SMILES string of the molecule is CCC(C1CCCCN1)C(C)(C)O[SiH3]. The Hall–Kier alpha value is 0.137. The van der Waals surface area contributed by atoms with Gasteiger partial charge in [0, 0.05) is 12.0 Å². The first-order valence-electron chi connectivity index (χ1n) is 5.90. The van der Waals surface area contributed by atoms with Gasteiger partial charge in [-0.05, 0) is 39.7 Å². The Bertz CT molecular complexity index is 167. The molecule has 1 aliphatic rings. The van der Waals surface area contributed by atoms with E-state index < -0.39 is 0 Å². The topological polar surface area (TPSA) is 21.3 Å². The summed E-state index contributed by atoms with van der Waals surface area (Å²) in [6, 6.07) is 0.678. The molecule has 0 saturated carbocycles. The molecule has 0 aromatic carbocycles. The lowest BCUT2D eigenvalue weighted by Crippen LogP contribution is -2.49. The molecule has 1 heterocycles. The molecule has 2 unspecified atom stereocenters. The highest BCUT2D eigenvalue weighted by Gasteiger charge is 2.34. The van der Waals surface area contributed by atoms with Gasteiger partial charge in [0.1, 0.15) is 10.5 Å². The van der Waals surface area contributed by atoms with Crippen LogP contribution in [0.3, 0.4) is 0 Å². The fraction of sp³-hybridized carbons (Fsp3) is 1.00. The minimum atomic E-state index is 0.0655. The van der Waals surface area contributed by atoms with E-state index in [1.54, 1.807) is 0 Å². The first kappa shape index (κ1) is 12.2. The van der Waals surface area contributed by atoms with Gasteiger partial charge < -0.3 is 9.74 Å². The predicted molar refractivity (Wildman–Crippen MR) is 64.5 cm³/mol. The van der Waals surface area contributed by atoms with Crippen molar-refractivity contribution in [3.05, 3.63) is 0 Å². The zero-order valence-corrected chi connectivity index (χ0v) is 12.1. The van der Waals surface area contributed by atoms with E-state index in [4.69, 9.17) is 4.43 Å². The van der Waals surface area contributed by atoms with Crippen molar-refractivity contribution < 1.29 is 4.43 Å². The molecule has 1 N–H and O–H groups in total. The van der Waals surface area contributed by atoms with Crippen LogP contribution in [0.5, 0.6) is 0 Å². The maximum atomic E-state index is 5.74. The van der Waals surface area contributed by atoms with Gasteiger partial charge in [-0.2, -0.15) is 0 Å². The highest BCUT2D eigenvalue weighted by Crippen LogP contribution is 2.30. The van der Waals surface area contributed by atoms with Gasteiger partial charge in [0.25, 0.3) is 0 Å². The van der Waals surface area contributed by atoms with Gasteiger partial charge in [-0.1, -0.05) is 13.3 Å². The van der Waals surface area contributed by atoms with Gasteiger partial charge in [0.2, 0.25) is 0 Å². The molecule has 0 aromatic rings. The molecule has 1 fully saturated rings. The third-order valence-electron chi connectivity index (χ3n) is 3.69. The zero-order valence-electron chi connectivity index (χ0n) is 10.1. The van der Waals surface area contributed by atoms with Gasteiger partial charge in [-0.15, -0.1) is 0 Å². The molecule has 14 heavy (non-hydrogen) atoms. The second kappa shape index (κ2) is 5.28. The van der Waals surface area contributed by atoms with Crippen molar-refractivity contribution in [2.75, 3.05) is 6.54 Å². The van der Waals surface area contributed by atoms with E-state index in [-0.39, 0.29) is 5.60 Å². The Balaban J connectivity index is 2.59. The fourth-order valence-corrected chi connectivity index (χ4v) is 2.94. The number of nitrogens with one attached hydrogen (secondary N) is 1. The molecule has 0 radical (unpaired) electrons. The average molecular weight is 215 g/mol. The van der Waals surface area contributed by atoms with E-state index in [0.717, 1.165) is 10.5 Å². The fourth-order valence-electron chi connectivity index (χ4n) is 2.63. The van der Waals surface area contributed by atoms with Crippen molar-refractivity contribution in [1.29, 1.82) is 0 Å². The van der Waals surface area contributed by atoms with Crippen LogP contribution in [0.25, 0.3) is 0 Å². The smallest absolute Gasteiger partial charge is 0.146 e. The quantitative estimate of drug-likeness (QED) is 0.712. The lowest BCUT2D eigenvalue weighted by molar-refractivity contribution is 0.0242. The summed E-state index contributed by atoms with van der Waals surface area (Å²) in [5.74, 6) is 0.667. The Morgan fingerprint density at radius 1 is 1.50 bits per heavy atom. The first-order valence-corrected chi connectivity index (χ1v) is 6.72. The Kier molecular flexibility index (Phi) is 4.61. The van der Waals surface area contributed by atoms with Crippen LogP contribution in [-0.4, -0.2) is 28.7 Å². The van der Waals surface area contributed by atoms with Gasteiger partial charge in [-0.25, -0.2) is 0 Å². The molecule has 0 aromatic heterocycles. The molecule has 2 atom stereocenters. The summed E-state index contributed by atoms with van der Waals surface area (Å²) >= 11 is 0. The van der Waals surface area contributed by atoms with Crippen LogP contribution in [0.2, 0.25) is 0 Å². The Labute approximate surface area is 91.3 Å². The molecule has 0 amide bonds. The highest BCUT2D eigenvalue weighted by molar-refractivity contribution is 5.98. The minimum absolute atomic E-state index is 0.0655. The zero-order chi connectivity index (χ0) is 10.6. The van der Waals surface area contributed by atoms with Crippen LogP contribution in [0.1, 0.15) is 46.5 Å². The van der Waals surface area contributed by atoms with Crippen molar-refractivity contribution in [3.63, 3.8) is 0 Å². The highest BCUT2D eigenvalue weighted by atomic mass is 28.2. The lowest BCUT2D eigenvalue weighted by atomic mass is 9.79. The van der Waals surface area contributed by atoms with Gasteiger partial charge in [0.05, 0.1) is 5.60 Å². The molecule has 2 nitrogen and oxygen atoms in total. The molecule has 0 bridgehead atoms. The maximum absolute atomic E-state index is 5.74. The molecule has 1 aliphatic heterocycles. The molecule has 0 aliphatic carbocycles. The maximum Gasteiger partial charge on any atom is 0.146 e. The van der Waals surface area contributed by atoms with Crippen molar-refractivity contribution in [3.8, 4) is 0 Å². The van der Waals surface area contributed by atoms with Gasteiger partial charge in [-0.3, -0.25) is 0 Å². The van der Waals surface area contributed by atoms with Crippen LogP contribution in [0.15, 0.2) is 0 Å². The van der Waals surface area contributed by atoms with E-state index in [9.17, 15) is 0 Å². The number of hydrogen-bond donors (Lipinski definition) is 1. The Morgan fingerprint density at radius 3 is 2.64 bits per heavy atom. The molecule has 1 saturated heterocycles. The van der Waals surface area contributed by atoms with Crippen LogP contribution < -0.4 is 5.32 Å². The summed E-state index contributed by atoms with van der Waals surface area (Å²) in [5, 5.41) is 3.65.